The Morgan fingerprint density at radius 1 is 1.33 bits per heavy atom. The lowest BCUT2D eigenvalue weighted by Gasteiger charge is -2.14. The average molecular weight is 210 g/mol. The van der Waals surface area contributed by atoms with E-state index < -0.39 is 0 Å². The maximum atomic E-state index is 13.3. The molecule has 0 radical (unpaired) electrons. The Balaban J connectivity index is 2.61. The molecule has 0 bridgehead atoms. The highest BCUT2D eigenvalue weighted by atomic mass is 19.1. The lowest BCUT2D eigenvalue weighted by Crippen LogP contribution is -2.15. The maximum absolute atomic E-state index is 13.3. The highest BCUT2D eigenvalue weighted by Crippen LogP contribution is 2.15. The summed E-state index contributed by atoms with van der Waals surface area (Å²) < 4.78 is 13.3. The highest BCUT2D eigenvalue weighted by Gasteiger charge is 2.10. The maximum Gasteiger partial charge on any atom is 0.126 e. The van der Waals surface area contributed by atoms with Crippen molar-refractivity contribution >= 4 is 0 Å². The van der Waals surface area contributed by atoms with Crippen molar-refractivity contribution in [2.24, 2.45) is 5.92 Å². The molecule has 1 unspecified atom stereocenters. The van der Waals surface area contributed by atoms with Crippen LogP contribution in [0.5, 0.6) is 0 Å². The van der Waals surface area contributed by atoms with Crippen LogP contribution in [-0.2, 0) is 6.42 Å². The molecule has 0 saturated carbocycles. The predicted molar refractivity (Wildman–Crippen MR) is 60.3 cm³/mol. The van der Waals surface area contributed by atoms with Crippen LogP contribution >= 0.6 is 0 Å². The Hall–Kier alpha value is -0.890. The summed E-state index contributed by atoms with van der Waals surface area (Å²) in [5, 5.41) is 9.63. The third kappa shape index (κ3) is 3.63. The first-order valence-corrected chi connectivity index (χ1v) is 5.44. The normalized spacial score (nSPS) is 13.2. The van der Waals surface area contributed by atoms with E-state index in [4.69, 9.17) is 0 Å². The summed E-state index contributed by atoms with van der Waals surface area (Å²) in [6.45, 7) is 5.89. The number of rotatable bonds is 4. The first-order chi connectivity index (χ1) is 7.00. The molecule has 1 aromatic carbocycles. The minimum absolute atomic E-state index is 0.170. The Kier molecular flexibility index (Phi) is 4.28. The highest BCUT2D eigenvalue weighted by molar-refractivity contribution is 5.24. The molecule has 0 heterocycles. The van der Waals surface area contributed by atoms with Crippen LogP contribution < -0.4 is 0 Å². The van der Waals surface area contributed by atoms with Crippen molar-refractivity contribution in [3.05, 3.63) is 35.1 Å². The zero-order valence-electron chi connectivity index (χ0n) is 9.63. The van der Waals surface area contributed by atoms with Crippen LogP contribution in [0.1, 0.15) is 31.4 Å². The van der Waals surface area contributed by atoms with Gasteiger partial charge in [-0.3, -0.25) is 0 Å². The van der Waals surface area contributed by atoms with E-state index in [1.54, 1.807) is 6.07 Å². The SMILES string of the molecule is Cc1ccc(F)c(CCC(O)C(C)C)c1. The Bertz CT molecular complexity index is 320. The van der Waals surface area contributed by atoms with E-state index in [9.17, 15) is 9.50 Å². The van der Waals surface area contributed by atoms with Crippen LogP contribution in [-0.4, -0.2) is 11.2 Å². The molecule has 15 heavy (non-hydrogen) atoms. The molecule has 0 fully saturated rings. The van der Waals surface area contributed by atoms with Gasteiger partial charge in [0.05, 0.1) is 6.10 Å². The van der Waals surface area contributed by atoms with Gasteiger partial charge >= 0.3 is 0 Å². The number of aryl methyl sites for hydroxylation is 2. The smallest absolute Gasteiger partial charge is 0.126 e. The second-order valence-corrected chi connectivity index (χ2v) is 4.44. The number of aliphatic hydroxyl groups is 1. The fourth-order valence-electron chi connectivity index (χ4n) is 1.53. The van der Waals surface area contributed by atoms with Crippen molar-refractivity contribution in [1.82, 2.24) is 0 Å². The minimum atomic E-state index is -0.343. The minimum Gasteiger partial charge on any atom is -0.393 e. The van der Waals surface area contributed by atoms with Crippen LogP contribution in [0, 0.1) is 18.7 Å². The quantitative estimate of drug-likeness (QED) is 0.809. The number of halogens is 1. The standard InChI is InChI=1S/C13H19FO/c1-9(2)13(15)7-5-11-8-10(3)4-6-12(11)14/h4,6,8-9,13,15H,5,7H2,1-3H3. The van der Waals surface area contributed by atoms with Crippen LogP contribution in [0.4, 0.5) is 4.39 Å². The molecule has 84 valence electrons. The van der Waals surface area contributed by atoms with Gasteiger partial charge in [0, 0.05) is 0 Å². The molecule has 1 atom stereocenters. The van der Waals surface area contributed by atoms with Crippen molar-refractivity contribution in [2.75, 3.05) is 0 Å². The number of benzene rings is 1. The molecule has 2 heteroatoms. The van der Waals surface area contributed by atoms with Gasteiger partial charge in [-0.25, -0.2) is 4.39 Å². The monoisotopic (exact) mass is 210 g/mol. The molecule has 1 rings (SSSR count). The Labute approximate surface area is 90.9 Å². The molecular formula is C13H19FO. The number of hydrogen-bond donors (Lipinski definition) is 1. The summed E-state index contributed by atoms with van der Waals surface area (Å²) in [5.74, 6) is 0.0643. The largest absolute Gasteiger partial charge is 0.393 e. The van der Waals surface area contributed by atoms with Gasteiger partial charge in [-0.15, -0.1) is 0 Å². The van der Waals surface area contributed by atoms with E-state index in [0.717, 1.165) is 5.56 Å². The van der Waals surface area contributed by atoms with E-state index in [0.29, 0.717) is 18.4 Å². The molecule has 0 aliphatic rings. The lowest BCUT2D eigenvalue weighted by atomic mass is 9.98. The number of aliphatic hydroxyl groups excluding tert-OH is 1. The van der Waals surface area contributed by atoms with Gasteiger partial charge in [-0.1, -0.05) is 31.5 Å². The second-order valence-electron chi connectivity index (χ2n) is 4.44. The third-order valence-corrected chi connectivity index (χ3v) is 2.68. The number of hydrogen-bond acceptors (Lipinski definition) is 1. The van der Waals surface area contributed by atoms with Crippen molar-refractivity contribution in [3.8, 4) is 0 Å². The van der Waals surface area contributed by atoms with E-state index in [1.165, 1.54) is 6.07 Å². The van der Waals surface area contributed by atoms with Gasteiger partial charge in [0.15, 0.2) is 0 Å². The first-order valence-electron chi connectivity index (χ1n) is 5.44. The Morgan fingerprint density at radius 3 is 2.60 bits per heavy atom. The van der Waals surface area contributed by atoms with Gasteiger partial charge < -0.3 is 5.11 Å². The fourth-order valence-corrected chi connectivity index (χ4v) is 1.53. The molecule has 0 spiro atoms. The molecule has 1 N–H and O–H groups in total. The molecule has 0 aromatic heterocycles. The summed E-state index contributed by atoms with van der Waals surface area (Å²) in [5.41, 5.74) is 1.76. The fraction of sp³-hybridized carbons (Fsp3) is 0.538. The first kappa shape index (κ1) is 12.2. The molecular weight excluding hydrogens is 191 g/mol. The average Bonchev–Trinajstić information content (AvgIpc) is 2.18. The summed E-state index contributed by atoms with van der Waals surface area (Å²) in [7, 11) is 0. The van der Waals surface area contributed by atoms with Gasteiger partial charge in [0.2, 0.25) is 0 Å². The summed E-state index contributed by atoms with van der Waals surface area (Å²) in [4.78, 5) is 0. The molecule has 0 aliphatic heterocycles. The Morgan fingerprint density at radius 2 is 2.00 bits per heavy atom. The van der Waals surface area contributed by atoms with Crippen molar-refractivity contribution in [1.29, 1.82) is 0 Å². The topological polar surface area (TPSA) is 20.2 Å². The third-order valence-electron chi connectivity index (χ3n) is 2.68. The summed E-state index contributed by atoms with van der Waals surface area (Å²) in [6.07, 6.45) is 0.884. The van der Waals surface area contributed by atoms with Crippen LogP contribution in [0.15, 0.2) is 18.2 Å². The summed E-state index contributed by atoms with van der Waals surface area (Å²) >= 11 is 0. The molecule has 1 aromatic rings. The van der Waals surface area contributed by atoms with Gasteiger partial charge in [-0.2, -0.15) is 0 Å². The van der Waals surface area contributed by atoms with Crippen molar-refractivity contribution in [3.63, 3.8) is 0 Å². The predicted octanol–water partition coefficient (Wildman–Crippen LogP) is 3.08. The molecule has 0 saturated heterocycles. The van der Waals surface area contributed by atoms with E-state index in [-0.39, 0.29) is 17.8 Å². The zero-order chi connectivity index (χ0) is 11.4. The zero-order valence-corrected chi connectivity index (χ0v) is 9.63. The summed E-state index contributed by atoms with van der Waals surface area (Å²) in [6, 6.07) is 5.10. The van der Waals surface area contributed by atoms with Crippen molar-refractivity contribution in [2.45, 2.75) is 39.7 Å². The lowest BCUT2D eigenvalue weighted by molar-refractivity contribution is 0.116. The van der Waals surface area contributed by atoms with Crippen LogP contribution in [0.3, 0.4) is 0 Å². The van der Waals surface area contributed by atoms with Gasteiger partial charge in [-0.05, 0) is 37.3 Å². The second kappa shape index (κ2) is 5.26. The van der Waals surface area contributed by atoms with E-state index in [1.807, 2.05) is 26.8 Å². The molecule has 0 aliphatic carbocycles. The van der Waals surface area contributed by atoms with Gasteiger partial charge in [0.1, 0.15) is 5.82 Å². The molecule has 0 amide bonds. The van der Waals surface area contributed by atoms with E-state index in [2.05, 4.69) is 0 Å². The van der Waals surface area contributed by atoms with Gasteiger partial charge in [0.25, 0.3) is 0 Å². The van der Waals surface area contributed by atoms with E-state index >= 15 is 0 Å². The van der Waals surface area contributed by atoms with Crippen LogP contribution in [0.25, 0.3) is 0 Å². The molecule has 1 nitrogen and oxygen atoms in total. The van der Waals surface area contributed by atoms with Crippen molar-refractivity contribution < 1.29 is 9.50 Å². The van der Waals surface area contributed by atoms with Crippen LogP contribution in [0.2, 0.25) is 0 Å².